The van der Waals surface area contributed by atoms with Crippen LogP contribution in [0.3, 0.4) is 0 Å². The van der Waals surface area contributed by atoms with Crippen LogP contribution in [0.1, 0.15) is 24.2 Å². The Morgan fingerprint density at radius 2 is 1.85 bits per heavy atom. The quantitative estimate of drug-likeness (QED) is 0.359. The van der Waals surface area contributed by atoms with Crippen molar-refractivity contribution in [2.75, 3.05) is 18.0 Å². The molecule has 0 amide bonds. The van der Waals surface area contributed by atoms with Crippen molar-refractivity contribution >= 4 is 44.5 Å². The van der Waals surface area contributed by atoms with E-state index in [0.717, 1.165) is 29.9 Å². The summed E-state index contributed by atoms with van der Waals surface area (Å²) >= 11 is 0. The first-order valence-corrected chi connectivity index (χ1v) is 10.7. The molecule has 0 aliphatic rings. The number of furan rings is 1. The standard InChI is InChI=1S/C26H21FN2O4/c1-3-29(4-2)21-13-22-19(12-18(21)14-6-5-7-15(10-14)26(31)32)23-24(33-22)17-9-8-16(27)11-20(17)28-25(23)30/h5-13H,3-4H2,1-2H3,(H,28,30)(H,31,32). The van der Waals surface area contributed by atoms with Gasteiger partial charge in [-0.3, -0.25) is 4.79 Å². The maximum atomic E-state index is 13.7. The number of carboxylic acid groups (broad SMARTS) is 1. The molecule has 2 aromatic heterocycles. The van der Waals surface area contributed by atoms with Gasteiger partial charge in [0.25, 0.3) is 5.56 Å². The monoisotopic (exact) mass is 444 g/mol. The van der Waals surface area contributed by atoms with Crippen molar-refractivity contribution in [3.05, 3.63) is 76.3 Å². The smallest absolute Gasteiger partial charge is 0.335 e. The van der Waals surface area contributed by atoms with Crippen LogP contribution in [0.2, 0.25) is 0 Å². The second-order valence-electron chi connectivity index (χ2n) is 7.87. The Hall–Kier alpha value is -4.13. The molecular weight excluding hydrogens is 423 g/mol. The van der Waals surface area contributed by atoms with Gasteiger partial charge in [-0.05, 0) is 55.8 Å². The van der Waals surface area contributed by atoms with Gasteiger partial charge in [0.05, 0.1) is 16.5 Å². The summed E-state index contributed by atoms with van der Waals surface area (Å²) in [6, 6.07) is 14.7. The summed E-state index contributed by atoms with van der Waals surface area (Å²) in [4.78, 5) is 29.4. The van der Waals surface area contributed by atoms with Gasteiger partial charge in [0.2, 0.25) is 0 Å². The van der Waals surface area contributed by atoms with E-state index < -0.39 is 11.8 Å². The average Bonchev–Trinajstić information content (AvgIpc) is 3.18. The molecule has 0 bridgehead atoms. The lowest BCUT2D eigenvalue weighted by Crippen LogP contribution is -2.22. The third-order valence-electron chi connectivity index (χ3n) is 6.03. The minimum atomic E-state index is -1.01. The molecular formula is C26H21FN2O4. The number of anilines is 1. The van der Waals surface area contributed by atoms with Crippen molar-refractivity contribution in [3.8, 4) is 11.1 Å². The fourth-order valence-corrected chi connectivity index (χ4v) is 4.43. The highest BCUT2D eigenvalue weighted by Gasteiger charge is 2.20. The van der Waals surface area contributed by atoms with Gasteiger partial charge < -0.3 is 19.4 Å². The van der Waals surface area contributed by atoms with Gasteiger partial charge >= 0.3 is 5.97 Å². The minimum Gasteiger partial charge on any atom is -0.478 e. The summed E-state index contributed by atoms with van der Waals surface area (Å²) < 4.78 is 19.9. The molecule has 0 radical (unpaired) electrons. The summed E-state index contributed by atoms with van der Waals surface area (Å²) in [5.41, 5.74) is 3.51. The predicted octanol–water partition coefficient (Wildman–Crippen LogP) is 5.78. The van der Waals surface area contributed by atoms with Crippen molar-refractivity contribution in [2.45, 2.75) is 13.8 Å². The molecule has 0 saturated carbocycles. The summed E-state index contributed by atoms with van der Waals surface area (Å²) in [7, 11) is 0. The molecule has 7 heteroatoms. The van der Waals surface area contributed by atoms with Crippen LogP contribution < -0.4 is 10.5 Å². The SMILES string of the molecule is CCN(CC)c1cc2oc3c4ccc(F)cc4[nH]c(=O)c3c2cc1-c1cccc(C(=O)O)c1. The fraction of sp³-hybridized carbons (Fsp3) is 0.154. The Morgan fingerprint density at radius 3 is 2.58 bits per heavy atom. The largest absolute Gasteiger partial charge is 0.478 e. The molecule has 6 nitrogen and oxygen atoms in total. The van der Waals surface area contributed by atoms with Gasteiger partial charge in [0, 0.05) is 41.2 Å². The van der Waals surface area contributed by atoms with Crippen LogP contribution >= 0.6 is 0 Å². The Kier molecular flexibility index (Phi) is 4.89. The van der Waals surface area contributed by atoms with Gasteiger partial charge in [0.15, 0.2) is 0 Å². The Balaban J connectivity index is 1.89. The number of fused-ring (bicyclic) bond motifs is 5. The number of hydrogen-bond donors (Lipinski definition) is 2. The number of halogens is 1. The van der Waals surface area contributed by atoms with Gasteiger partial charge in [-0.2, -0.15) is 0 Å². The van der Waals surface area contributed by atoms with Crippen LogP contribution in [-0.4, -0.2) is 29.1 Å². The van der Waals surface area contributed by atoms with E-state index >= 15 is 0 Å². The Labute approximate surface area is 187 Å². The van der Waals surface area contributed by atoms with Gasteiger partial charge in [0.1, 0.15) is 17.0 Å². The molecule has 2 N–H and O–H groups in total. The number of carbonyl (C=O) groups is 1. The molecule has 5 aromatic rings. The lowest BCUT2D eigenvalue weighted by molar-refractivity contribution is 0.0697. The lowest BCUT2D eigenvalue weighted by atomic mass is 9.98. The number of rotatable bonds is 5. The summed E-state index contributed by atoms with van der Waals surface area (Å²) in [5.74, 6) is -1.45. The summed E-state index contributed by atoms with van der Waals surface area (Å²) in [6.45, 7) is 5.54. The van der Waals surface area contributed by atoms with Crippen LogP contribution in [-0.2, 0) is 0 Å². The molecule has 0 fully saturated rings. The number of nitrogens with zero attached hydrogens (tertiary/aromatic N) is 1. The van der Waals surface area contributed by atoms with Gasteiger partial charge in [-0.25, -0.2) is 9.18 Å². The molecule has 0 spiro atoms. The van der Waals surface area contributed by atoms with Crippen molar-refractivity contribution in [2.24, 2.45) is 0 Å². The fourth-order valence-electron chi connectivity index (χ4n) is 4.43. The molecule has 0 aliphatic heterocycles. The number of carboxylic acids is 1. The van der Waals surface area contributed by atoms with Crippen molar-refractivity contribution in [3.63, 3.8) is 0 Å². The predicted molar refractivity (Wildman–Crippen MR) is 128 cm³/mol. The number of benzene rings is 3. The van der Waals surface area contributed by atoms with Crippen molar-refractivity contribution < 1.29 is 18.7 Å². The molecule has 33 heavy (non-hydrogen) atoms. The zero-order chi connectivity index (χ0) is 23.3. The molecule has 0 unspecified atom stereocenters. The molecule has 0 saturated heterocycles. The maximum Gasteiger partial charge on any atom is 0.335 e. The number of nitrogens with one attached hydrogen (secondary N) is 1. The van der Waals surface area contributed by atoms with E-state index in [1.165, 1.54) is 12.1 Å². The highest BCUT2D eigenvalue weighted by molar-refractivity contribution is 6.15. The van der Waals surface area contributed by atoms with E-state index in [1.54, 1.807) is 24.3 Å². The highest BCUT2D eigenvalue weighted by Crippen LogP contribution is 2.39. The number of aromatic amines is 1. The molecule has 0 atom stereocenters. The van der Waals surface area contributed by atoms with Crippen LogP contribution in [0, 0.1) is 5.82 Å². The molecule has 0 aliphatic carbocycles. The Bertz CT molecular complexity index is 1610. The van der Waals surface area contributed by atoms with Gasteiger partial charge in [-0.15, -0.1) is 0 Å². The van der Waals surface area contributed by atoms with Gasteiger partial charge in [-0.1, -0.05) is 12.1 Å². The third kappa shape index (κ3) is 3.33. The van der Waals surface area contributed by atoms with E-state index in [-0.39, 0.29) is 11.1 Å². The minimum absolute atomic E-state index is 0.181. The first kappa shape index (κ1) is 20.8. The van der Waals surface area contributed by atoms with Crippen molar-refractivity contribution in [1.29, 1.82) is 0 Å². The molecule has 2 heterocycles. The average molecular weight is 444 g/mol. The van der Waals surface area contributed by atoms with E-state index in [0.29, 0.717) is 32.8 Å². The number of hydrogen-bond acceptors (Lipinski definition) is 4. The second-order valence-corrected chi connectivity index (χ2v) is 7.87. The van der Waals surface area contributed by atoms with Crippen LogP contribution in [0.4, 0.5) is 10.1 Å². The van der Waals surface area contributed by atoms with E-state index in [4.69, 9.17) is 4.42 Å². The zero-order valence-electron chi connectivity index (χ0n) is 18.1. The van der Waals surface area contributed by atoms with E-state index in [2.05, 4.69) is 9.88 Å². The second kappa shape index (κ2) is 7.78. The first-order valence-electron chi connectivity index (χ1n) is 10.7. The van der Waals surface area contributed by atoms with Crippen LogP contribution in [0.25, 0.3) is 44.0 Å². The maximum absolute atomic E-state index is 13.7. The first-order chi connectivity index (χ1) is 15.9. The number of aromatic nitrogens is 1. The van der Waals surface area contributed by atoms with Crippen molar-refractivity contribution in [1.82, 2.24) is 4.98 Å². The van der Waals surface area contributed by atoms with Crippen LogP contribution in [0.5, 0.6) is 0 Å². The normalized spacial score (nSPS) is 11.5. The molecule has 166 valence electrons. The number of pyridine rings is 1. The Morgan fingerprint density at radius 1 is 1.06 bits per heavy atom. The topological polar surface area (TPSA) is 86.5 Å². The third-order valence-corrected chi connectivity index (χ3v) is 6.03. The summed E-state index contributed by atoms with van der Waals surface area (Å²) in [5, 5.41) is 11.1. The molecule has 3 aromatic carbocycles. The van der Waals surface area contributed by atoms with Crippen LogP contribution in [0.15, 0.2) is 63.8 Å². The number of H-pyrrole nitrogens is 1. The highest BCUT2D eigenvalue weighted by atomic mass is 19.1. The molecule has 5 rings (SSSR count). The summed E-state index contributed by atoms with van der Waals surface area (Å²) in [6.07, 6.45) is 0. The zero-order valence-corrected chi connectivity index (χ0v) is 18.1. The lowest BCUT2D eigenvalue weighted by Gasteiger charge is -2.24. The van der Waals surface area contributed by atoms with E-state index in [1.807, 2.05) is 32.0 Å². The van der Waals surface area contributed by atoms with E-state index in [9.17, 15) is 19.1 Å². The number of aromatic carboxylic acids is 1.